The summed E-state index contributed by atoms with van der Waals surface area (Å²) in [6.07, 6.45) is 0. The molecular formula is C19H18N2O4. The van der Waals surface area contributed by atoms with Crippen LogP contribution in [0.3, 0.4) is 0 Å². The summed E-state index contributed by atoms with van der Waals surface area (Å²) in [5.74, 6) is 0.792. The molecule has 1 fully saturated rings. The van der Waals surface area contributed by atoms with E-state index in [0.29, 0.717) is 43.3 Å². The monoisotopic (exact) mass is 338 g/mol. The SMILES string of the molecule is COc1ccc(-c2ccc3oc(N4CCOCC4)nc(=O)c3c2)cc1. The maximum atomic E-state index is 12.5. The van der Waals surface area contributed by atoms with Crippen LogP contribution in [0.15, 0.2) is 51.7 Å². The van der Waals surface area contributed by atoms with Crippen LogP contribution in [0.4, 0.5) is 6.01 Å². The highest BCUT2D eigenvalue weighted by Crippen LogP contribution is 2.26. The zero-order valence-electron chi connectivity index (χ0n) is 13.9. The van der Waals surface area contributed by atoms with Crippen molar-refractivity contribution in [2.24, 2.45) is 0 Å². The van der Waals surface area contributed by atoms with Gasteiger partial charge in [0.05, 0.1) is 25.7 Å². The van der Waals surface area contributed by atoms with Crippen molar-refractivity contribution >= 4 is 17.0 Å². The molecule has 0 saturated carbocycles. The summed E-state index contributed by atoms with van der Waals surface area (Å²) < 4.78 is 16.3. The molecule has 128 valence electrons. The normalized spacial score (nSPS) is 14.7. The number of hydrogen-bond donors (Lipinski definition) is 0. The Labute approximate surface area is 144 Å². The molecule has 0 amide bonds. The zero-order chi connectivity index (χ0) is 17.2. The summed E-state index contributed by atoms with van der Waals surface area (Å²) >= 11 is 0. The predicted octanol–water partition coefficient (Wildman–Crippen LogP) is 2.70. The fraction of sp³-hybridized carbons (Fsp3) is 0.263. The standard InChI is InChI=1S/C19H18N2O4/c1-23-15-5-2-13(3-6-15)14-4-7-17-16(12-14)18(22)20-19(25-17)21-8-10-24-11-9-21/h2-7,12H,8-11H2,1H3. The van der Waals surface area contributed by atoms with E-state index >= 15 is 0 Å². The third kappa shape index (κ3) is 3.08. The van der Waals surface area contributed by atoms with Crippen molar-refractivity contribution in [2.45, 2.75) is 0 Å². The number of ether oxygens (including phenoxy) is 2. The van der Waals surface area contributed by atoms with Gasteiger partial charge < -0.3 is 18.8 Å². The molecule has 2 heterocycles. The van der Waals surface area contributed by atoms with Crippen LogP contribution in [0.2, 0.25) is 0 Å². The first-order chi connectivity index (χ1) is 12.2. The van der Waals surface area contributed by atoms with E-state index in [0.717, 1.165) is 16.9 Å². The highest BCUT2D eigenvalue weighted by Gasteiger charge is 2.17. The number of nitrogens with zero attached hydrogens (tertiary/aromatic N) is 2. The molecule has 0 atom stereocenters. The molecule has 0 radical (unpaired) electrons. The number of hydrogen-bond acceptors (Lipinski definition) is 6. The summed E-state index contributed by atoms with van der Waals surface area (Å²) in [6.45, 7) is 2.57. The van der Waals surface area contributed by atoms with Gasteiger partial charge in [-0.15, -0.1) is 0 Å². The Morgan fingerprint density at radius 2 is 1.76 bits per heavy atom. The lowest BCUT2D eigenvalue weighted by atomic mass is 10.0. The first kappa shape index (κ1) is 15.7. The van der Waals surface area contributed by atoms with Crippen LogP contribution >= 0.6 is 0 Å². The van der Waals surface area contributed by atoms with Crippen LogP contribution in [0.1, 0.15) is 0 Å². The molecule has 0 bridgehead atoms. The van der Waals surface area contributed by atoms with Gasteiger partial charge in [-0.3, -0.25) is 4.79 Å². The minimum atomic E-state index is -0.280. The van der Waals surface area contributed by atoms with Gasteiger partial charge in [0, 0.05) is 13.1 Å². The fourth-order valence-corrected chi connectivity index (χ4v) is 2.91. The van der Waals surface area contributed by atoms with Gasteiger partial charge in [-0.05, 0) is 35.4 Å². The summed E-state index contributed by atoms with van der Waals surface area (Å²) in [4.78, 5) is 18.5. The molecule has 0 unspecified atom stereocenters. The molecule has 25 heavy (non-hydrogen) atoms. The second-order valence-electron chi connectivity index (χ2n) is 5.84. The molecule has 1 aliphatic heterocycles. The Morgan fingerprint density at radius 3 is 2.48 bits per heavy atom. The Kier molecular flexibility index (Phi) is 4.11. The number of methoxy groups -OCH3 is 1. The van der Waals surface area contributed by atoms with Crippen molar-refractivity contribution in [1.82, 2.24) is 4.98 Å². The van der Waals surface area contributed by atoms with Gasteiger partial charge in [0.25, 0.3) is 5.56 Å². The van der Waals surface area contributed by atoms with E-state index in [1.54, 1.807) is 7.11 Å². The molecule has 2 aromatic carbocycles. The maximum Gasteiger partial charge on any atom is 0.301 e. The molecule has 1 saturated heterocycles. The summed E-state index contributed by atoms with van der Waals surface area (Å²) in [6, 6.07) is 13.6. The van der Waals surface area contributed by atoms with Crippen molar-refractivity contribution in [3.63, 3.8) is 0 Å². The molecule has 1 aliphatic rings. The van der Waals surface area contributed by atoms with Crippen molar-refractivity contribution in [3.8, 4) is 16.9 Å². The first-order valence-corrected chi connectivity index (χ1v) is 8.16. The quantitative estimate of drug-likeness (QED) is 0.732. The number of anilines is 1. The lowest BCUT2D eigenvalue weighted by Crippen LogP contribution is -2.37. The van der Waals surface area contributed by atoms with E-state index in [1.807, 2.05) is 47.4 Å². The number of aromatic nitrogens is 1. The maximum absolute atomic E-state index is 12.5. The first-order valence-electron chi connectivity index (χ1n) is 8.16. The van der Waals surface area contributed by atoms with Gasteiger partial charge >= 0.3 is 6.01 Å². The van der Waals surface area contributed by atoms with Crippen LogP contribution in [0, 0.1) is 0 Å². The average molecular weight is 338 g/mol. The lowest BCUT2D eigenvalue weighted by molar-refractivity contribution is 0.120. The lowest BCUT2D eigenvalue weighted by Gasteiger charge is -2.25. The molecule has 0 N–H and O–H groups in total. The van der Waals surface area contributed by atoms with Crippen LogP contribution in [0.25, 0.3) is 22.1 Å². The molecule has 6 heteroatoms. The fourth-order valence-electron chi connectivity index (χ4n) is 2.91. The van der Waals surface area contributed by atoms with Gasteiger partial charge in [-0.25, -0.2) is 0 Å². The van der Waals surface area contributed by atoms with Gasteiger partial charge in [-0.2, -0.15) is 4.98 Å². The van der Waals surface area contributed by atoms with Crippen molar-refractivity contribution < 1.29 is 13.9 Å². The molecule has 4 rings (SSSR count). The highest BCUT2D eigenvalue weighted by atomic mass is 16.5. The second-order valence-corrected chi connectivity index (χ2v) is 5.84. The summed E-state index contributed by atoms with van der Waals surface area (Å²) in [5, 5.41) is 0.477. The van der Waals surface area contributed by atoms with E-state index in [4.69, 9.17) is 13.9 Å². The largest absolute Gasteiger partial charge is 0.497 e. The third-order valence-electron chi connectivity index (χ3n) is 4.31. The Hall–Kier alpha value is -2.86. The summed E-state index contributed by atoms with van der Waals surface area (Å²) in [5.41, 5.74) is 2.19. The van der Waals surface area contributed by atoms with Crippen molar-refractivity contribution in [3.05, 3.63) is 52.8 Å². The van der Waals surface area contributed by atoms with E-state index in [9.17, 15) is 4.79 Å². The number of rotatable bonds is 3. The van der Waals surface area contributed by atoms with Crippen LogP contribution < -0.4 is 15.2 Å². The average Bonchev–Trinajstić information content (AvgIpc) is 2.68. The van der Waals surface area contributed by atoms with Crippen molar-refractivity contribution in [1.29, 1.82) is 0 Å². The summed E-state index contributed by atoms with van der Waals surface area (Å²) in [7, 11) is 1.63. The molecule has 0 spiro atoms. The topological polar surface area (TPSA) is 64.8 Å². The van der Waals surface area contributed by atoms with E-state index in [-0.39, 0.29) is 5.56 Å². The predicted molar refractivity (Wildman–Crippen MR) is 95.3 cm³/mol. The molecule has 6 nitrogen and oxygen atoms in total. The molecule has 0 aliphatic carbocycles. The minimum Gasteiger partial charge on any atom is -0.497 e. The number of fused-ring (bicyclic) bond motifs is 1. The van der Waals surface area contributed by atoms with E-state index in [2.05, 4.69) is 4.98 Å². The van der Waals surface area contributed by atoms with Crippen LogP contribution in [0.5, 0.6) is 5.75 Å². The molecule has 1 aromatic heterocycles. The molecule has 3 aromatic rings. The van der Waals surface area contributed by atoms with Gasteiger partial charge in [0.15, 0.2) is 0 Å². The molecular weight excluding hydrogens is 320 g/mol. The van der Waals surface area contributed by atoms with E-state index < -0.39 is 0 Å². The third-order valence-corrected chi connectivity index (χ3v) is 4.31. The second kappa shape index (κ2) is 6.57. The number of morpholine rings is 1. The van der Waals surface area contributed by atoms with E-state index in [1.165, 1.54) is 0 Å². The van der Waals surface area contributed by atoms with Crippen LogP contribution in [-0.4, -0.2) is 38.4 Å². The Balaban J connectivity index is 1.73. The van der Waals surface area contributed by atoms with Gasteiger partial charge in [-0.1, -0.05) is 18.2 Å². The van der Waals surface area contributed by atoms with Crippen LogP contribution in [-0.2, 0) is 4.74 Å². The van der Waals surface area contributed by atoms with Gasteiger partial charge in [0.1, 0.15) is 11.3 Å². The Bertz CT molecular complexity index is 944. The smallest absolute Gasteiger partial charge is 0.301 e. The Morgan fingerprint density at radius 1 is 1.04 bits per heavy atom. The minimum absolute atomic E-state index is 0.280. The highest BCUT2D eigenvalue weighted by molar-refractivity contribution is 5.83. The van der Waals surface area contributed by atoms with Gasteiger partial charge in [0.2, 0.25) is 0 Å². The number of benzene rings is 2. The van der Waals surface area contributed by atoms with Crippen molar-refractivity contribution in [2.75, 3.05) is 38.3 Å². The zero-order valence-corrected chi connectivity index (χ0v) is 13.9.